The normalized spacial score (nSPS) is 10.8. The van der Waals surface area contributed by atoms with Gasteiger partial charge in [-0.1, -0.05) is 15.9 Å². The fraction of sp³-hybridized carbons (Fsp3) is 0.250. The highest BCUT2D eigenvalue weighted by molar-refractivity contribution is 9.10. The first kappa shape index (κ1) is 14.1. The van der Waals surface area contributed by atoms with Crippen molar-refractivity contribution in [2.75, 3.05) is 0 Å². The Kier molecular flexibility index (Phi) is 4.31. The minimum atomic E-state index is -0.444. The molecule has 0 amide bonds. The summed E-state index contributed by atoms with van der Waals surface area (Å²) in [5.41, 5.74) is 0.229. The average molecular weight is 347 g/mol. The first-order valence-corrected chi connectivity index (χ1v) is 6.66. The number of aromatic nitrogens is 3. The zero-order chi connectivity index (χ0) is 14.0. The van der Waals surface area contributed by atoms with Gasteiger partial charge in [-0.3, -0.25) is 0 Å². The summed E-state index contributed by atoms with van der Waals surface area (Å²) in [6, 6.07) is 4.55. The van der Waals surface area contributed by atoms with Crippen LogP contribution in [-0.2, 0) is 0 Å². The van der Waals surface area contributed by atoms with Crippen LogP contribution in [0.25, 0.3) is 11.4 Å². The zero-order valence-electron chi connectivity index (χ0n) is 10.2. The molecule has 0 radical (unpaired) electrons. The Morgan fingerprint density at radius 3 is 2.68 bits per heavy atom. The van der Waals surface area contributed by atoms with E-state index in [4.69, 9.17) is 16.3 Å². The number of halogens is 3. The minimum absolute atomic E-state index is 0.0416. The van der Waals surface area contributed by atoms with Crippen molar-refractivity contribution in [1.29, 1.82) is 0 Å². The van der Waals surface area contributed by atoms with Crippen molar-refractivity contribution >= 4 is 27.5 Å². The molecular formula is C12H10BrClFN3O. The van der Waals surface area contributed by atoms with Crippen molar-refractivity contribution in [3.8, 4) is 17.4 Å². The Balaban J connectivity index is 2.49. The molecule has 0 N–H and O–H groups in total. The van der Waals surface area contributed by atoms with Gasteiger partial charge in [0, 0.05) is 4.47 Å². The number of benzene rings is 1. The van der Waals surface area contributed by atoms with Crippen LogP contribution in [0.4, 0.5) is 4.39 Å². The van der Waals surface area contributed by atoms with E-state index in [-0.39, 0.29) is 28.8 Å². The molecule has 0 saturated heterocycles. The lowest BCUT2D eigenvalue weighted by atomic mass is 10.2. The number of rotatable bonds is 3. The standard InChI is InChI=1S/C12H10BrClFN3O/c1-6(2)19-12-17-10(16-11(14)18-12)8-5-7(13)3-4-9(8)15/h3-6H,1-2H3. The lowest BCUT2D eigenvalue weighted by Gasteiger charge is -2.09. The van der Waals surface area contributed by atoms with E-state index < -0.39 is 5.82 Å². The molecule has 7 heteroatoms. The van der Waals surface area contributed by atoms with E-state index in [9.17, 15) is 4.39 Å². The van der Waals surface area contributed by atoms with Gasteiger partial charge in [0.2, 0.25) is 5.28 Å². The quantitative estimate of drug-likeness (QED) is 0.846. The van der Waals surface area contributed by atoms with E-state index in [1.165, 1.54) is 6.07 Å². The molecule has 1 aromatic heterocycles. The molecule has 0 aliphatic rings. The first-order valence-electron chi connectivity index (χ1n) is 5.49. The Morgan fingerprint density at radius 2 is 2.00 bits per heavy atom. The molecule has 0 spiro atoms. The van der Waals surface area contributed by atoms with Crippen molar-refractivity contribution in [2.24, 2.45) is 0 Å². The van der Waals surface area contributed by atoms with Gasteiger partial charge in [-0.25, -0.2) is 4.39 Å². The van der Waals surface area contributed by atoms with Crippen LogP contribution < -0.4 is 4.74 Å². The van der Waals surface area contributed by atoms with E-state index >= 15 is 0 Å². The Bertz CT molecular complexity index is 610. The molecular weight excluding hydrogens is 337 g/mol. The monoisotopic (exact) mass is 345 g/mol. The maximum Gasteiger partial charge on any atom is 0.321 e. The molecule has 19 heavy (non-hydrogen) atoms. The van der Waals surface area contributed by atoms with Gasteiger partial charge in [0.15, 0.2) is 5.82 Å². The summed E-state index contributed by atoms with van der Waals surface area (Å²) in [4.78, 5) is 11.8. The Labute approximate surface area is 123 Å². The van der Waals surface area contributed by atoms with Gasteiger partial charge in [0.1, 0.15) is 5.82 Å². The van der Waals surface area contributed by atoms with Gasteiger partial charge in [-0.05, 0) is 43.6 Å². The van der Waals surface area contributed by atoms with Gasteiger partial charge in [0.25, 0.3) is 0 Å². The Morgan fingerprint density at radius 1 is 1.26 bits per heavy atom. The molecule has 0 aliphatic carbocycles. The molecule has 0 fully saturated rings. The van der Waals surface area contributed by atoms with Crippen LogP contribution >= 0.6 is 27.5 Å². The fourth-order valence-corrected chi connectivity index (χ4v) is 1.90. The third-order valence-electron chi connectivity index (χ3n) is 2.10. The molecule has 100 valence electrons. The summed E-state index contributed by atoms with van der Waals surface area (Å²) < 4.78 is 19.8. The van der Waals surface area contributed by atoms with E-state index in [2.05, 4.69) is 30.9 Å². The predicted octanol–water partition coefficient (Wildman–Crippen LogP) is 3.88. The Hall–Kier alpha value is -1.27. The SMILES string of the molecule is CC(C)Oc1nc(Cl)nc(-c2cc(Br)ccc2F)n1. The maximum absolute atomic E-state index is 13.8. The van der Waals surface area contributed by atoms with Crippen LogP contribution in [0.3, 0.4) is 0 Å². The summed E-state index contributed by atoms with van der Waals surface area (Å²) in [7, 11) is 0. The van der Waals surface area contributed by atoms with Crippen LogP contribution in [-0.4, -0.2) is 21.1 Å². The molecule has 2 rings (SSSR count). The molecule has 0 aliphatic heterocycles. The summed E-state index contributed by atoms with van der Waals surface area (Å²) in [6.45, 7) is 3.66. The van der Waals surface area contributed by atoms with E-state index in [1.807, 2.05) is 13.8 Å². The molecule has 1 heterocycles. The molecule has 4 nitrogen and oxygen atoms in total. The third kappa shape index (κ3) is 3.61. The molecule has 0 unspecified atom stereocenters. The average Bonchev–Trinajstić information content (AvgIpc) is 2.30. The van der Waals surface area contributed by atoms with E-state index in [1.54, 1.807) is 12.1 Å². The second-order valence-electron chi connectivity index (χ2n) is 4.00. The van der Waals surface area contributed by atoms with Gasteiger partial charge in [-0.2, -0.15) is 15.0 Å². The molecule has 0 bridgehead atoms. The van der Waals surface area contributed by atoms with Crippen molar-refractivity contribution in [3.63, 3.8) is 0 Å². The minimum Gasteiger partial charge on any atom is -0.461 e. The summed E-state index contributed by atoms with van der Waals surface area (Å²) in [6.07, 6.45) is -0.112. The maximum atomic E-state index is 13.8. The van der Waals surface area contributed by atoms with Crippen molar-refractivity contribution in [2.45, 2.75) is 20.0 Å². The summed E-state index contributed by atoms with van der Waals surface area (Å²) in [5, 5.41) is -0.0416. The highest BCUT2D eigenvalue weighted by Gasteiger charge is 2.13. The first-order chi connectivity index (χ1) is 8.95. The van der Waals surface area contributed by atoms with Crippen molar-refractivity contribution in [3.05, 3.63) is 33.8 Å². The predicted molar refractivity (Wildman–Crippen MR) is 73.7 cm³/mol. The number of hydrogen-bond donors (Lipinski definition) is 0. The largest absolute Gasteiger partial charge is 0.461 e. The van der Waals surface area contributed by atoms with Crippen LogP contribution in [0.1, 0.15) is 13.8 Å². The van der Waals surface area contributed by atoms with Crippen molar-refractivity contribution in [1.82, 2.24) is 15.0 Å². The highest BCUT2D eigenvalue weighted by atomic mass is 79.9. The van der Waals surface area contributed by atoms with Gasteiger partial charge >= 0.3 is 6.01 Å². The van der Waals surface area contributed by atoms with Gasteiger partial charge in [-0.15, -0.1) is 0 Å². The van der Waals surface area contributed by atoms with Crippen molar-refractivity contribution < 1.29 is 9.13 Å². The third-order valence-corrected chi connectivity index (χ3v) is 2.76. The number of nitrogens with zero attached hydrogens (tertiary/aromatic N) is 3. The number of ether oxygens (including phenoxy) is 1. The van der Waals surface area contributed by atoms with E-state index in [0.29, 0.717) is 4.47 Å². The lowest BCUT2D eigenvalue weighted by Crippen LogP contribution is -2.10. The van der Waals surface area contributed by atoms with Crippen LogP contribution in [0.2, 0.25) is 5.28 Å². The topological polar surface area (TPSA) is 47.9 Å². The summed E-state index contributed by atoms with van der Waals surface area (Å²) >= 11 is 9.07. The molecule has 0 saturated carbocycles. The molecule has 1 aromatic carbocycles. The van der Waals surface area contributed by atoms with Gasteiger partial charge < -0.3 is 4.74 Å². The van der Waals surface area contributed by atoms with Crippen LogP contribution in [0.15, 0.2) is 22.7 Å². The van der Waals surface area contributed by atoms with E-state index in [0.717, 1.165) is 0 Å². The van der Waals surface area contributed by atoms with Gasteiger partial charge in [0.05, 0.1) is 11.7 Å². The lowest BCUT2D eigenvalue weighted by molar-refractivity contribution is 0.222. The van der Waals surface area contributed by atoms with Crippen LogP contribution in [0.5, 0.6) is 6.01 Å². The highest BCUT2D eigenvalue weighted by Crippen LogP contribution is 2.25. The second-order valence-corrected chi connectivity index (χ2v) is 5.26. The van der Waals surface area contributed by atoms with Crippen LogP contribution in [0, 0.1) is 5.82 Å². The molecule has 2 aromatic rings. The second kappa shape index (κ2) is 5.79. The number of hydrogen-bond acceptors (Lipinski definition) is 4. The zero-order valence-corrected chi connectivity index (χ0v) is 12.5. The fourth-order valence-electron chi connectivity index (χ4n) is 1.38. The smallest absolute Gasteiger partial charge is 0.321 e. The summed E-state index contributed by atoms with van der Waals surface area (Å²) in [5.74, 6) is -0.310. The molecule has 0 atom stereocenters.